The minimum absolute atomic E-state index is 0.101. The molecule has 0 spiro atoms. The van der Waals surface area contributed by atoms with E-state index in [9.17, 15) is 13.2 Å². The third kappa shape index (κ3) is 2.20. The molecule has 2 heterocycles. The predicted octanol–water partition coefficient (Wildman–Crippen LogP) is 1.37. The van der Waals surface area contributed by atoms with Gasteiger partial charge in [0.2, 0.25) is 0 Å². The lowest BCUT2D eigenvalue weighted by Gasteiger charge is -2.28. The van der Waals surface area contributed by atoms with E-state index in [2.05, 4.69) is 5.32 Å². The highest BCUT2D eigenvalue weighted by atomic mass is 19.4. The van der Waals surface area contributed by atoms with E-state index in [0.717, 1.165) is 25.8 Å². The fourth-order valence-electron chi connectivity index (χ4n) is 2.55. The number of hydrogen-bond donors (Lipinski definition) is 1. The number of nitrogens with zero attached hydrogens (tertiary/aromatic N) is 1. The number of alkyl halides is 3. The molecule has 2 aliphatic rings. The third-order valence-corrected chi connectivity index (χ3v) is 3.17. The second kappa shape index (κ2) is 3.70. The summed E-state index contributed by atoms with van der Waals surface area (Å²) in [5.74, 6) is 0. The summed E-state index contributed by atoms with van der Waals surface area (Å²) in [6, 6.07) is 0.251. The molecule has 0 radical (unpaired) electrons. The Morgan fingerprint density at radius 1 is 1.14 bits per heavy atom. The predicted molar refractivity (Wildman–Crippen MR) is 47.1 cm³/mol. The van der Waals surface area contributed by atoms with Gasteiger partial charge in [0.05, 0.1) is 6.54 Å². The molecular weight excluding hydrogens is 193 g/mol. The summed E-state index contributed by atoms with van der Waals surface area (Å²) >= 11 is 0. The Hall–Kier alpha value is -0.290. The molecule has 1 N–H and O–H groups in total. The average molecular weight is 208 g/mol. The van der Waals surface area contributed by atoms with Crippen LogP contribution in [0.2, 0.25) is 0 Å². The van der Waals surface area contributed by atoms with Gasteiger partial charge in [0.15, 0.2) is 0 Å². The highest BCUT2D eigenvalue weighted by Crippen LogP contribution is 2.31. The molecule has 2 rings (SSSR count). The molecule has 2 unspecified atom stereocenters. The van der Waals surface area contributed by atoms with Crippen LogP contribution in [-0.4, -0.2) is 42.8 Å². The van der Waals surface area contributed by atoms with Crippen LogP contribution in [0.4, 0.5) is 13.2 Å². The van der Waals surface area contributed by atoms with E-state index >= 15 is 0 Å². The van der Waals surface area contributed by atoms with Crippen molar-refractivity contribution in [2.45, 2.75) is 37.5 Å². The molecule has 0 aliphatic carbocycles. The van der Waals surface area contributed by atoms with Crippen LogP contribution in [0.25, 0.3) is 0 Å². The molecule has 0 aromatic rings. The Morgan fingerprint density at radius 3 is 2.57 bits per heavy atom. The molecule has 2 saturated heterocycles. The molecular formula is C9H15F3N2. The zero-order valence-corrected chi connectivity index (χ0v) is 7.98. The molecule has 2 bridgehead atoms. The van der Waals surface area contributed by atoms with Gasteiger partial charge in [-0.2, -0.15) is 13.2 Å². The maximum Gasteiger partial charge on any atom is 0.401 e. The number of fused-ring (bicyclic) bond motifs is 2. The summed E-state index contributed by atoms with van der Waals surface area (Å²) < 4.78 is 36.9. The van der Waals surface area contributed by atoms with Gasteiger partial charge < -0.3 is 5.32 Å². The topological polar surface area (TPSA) is 15.3 Å². The maximum absolute atomic E-state index is 12.3. The van der Waals surface area contributed by atoms with Crippen molar-refractivity contribution in [3.8, 4) is 0 Å². The largest absolute Gasteiger partial charge is 0.401 e. The summed E-state index contributed by atoms with van der Waals surface area (Å²) in [4.78, 5) is 1.64. The first-order valence-electron chi connectivity index (χ1n) is 5.09. The quantitative estimate of drug-likeness (QED) is 0.700. The third-order valence-electron chi connectivity index (χ3n) is 3.17. The van der Waals surface area contributed by atoms with Gasteiger partial charge >= 0.3 is 6.18 Å². The highest BCUT2D eigenvalue weighted by molar-refractivity contribution is 4.92. The maximum atomic E-state index is 12.3. The highest BCUT2D eigenvalue weighted by Gasteiger charge is 2.41. The van der Waals surface area contributed by atoms with Gasteiger partial charge in [0.1, 0.15) is 0 Å². The molecule has 0 aromatic heterocycles. The van der Waals surface area contributed by atoms with E-state index in [1.165, 1.54) is 0 Å². The second-order valence-corrected chi connectivity index (χ2v) is 4.17. The number of rotatable bonds is 1. The van der Waals surface area contributed by atoms with Crippen LogP contribution in [0, 0.1) is 0 Å². The fourth-order valence-corrected chi connectivity index (χ4v) is 2.55. The molecule has 2 fully saturated rings. The van der Waals surface area contributed by atoms with Gasteiger partial charge in [0, 0.05) is 18.6 Å². The SMILES string of the molecule is FC(F)(F)CN1C2CCNCC1CC2. The summed E-state index contributed by atoms with van der Waals surface area (Å²) in [7, 11) is 0. The number of halogens is 3. The van der Waals surface area contributed by atoms with Gasteiger partial charge in [-0.25, -0.2) is 0 Å². The van der Waals surface area contributed by atoms with E-state index < -0.39 is 12.7 Å². The standard InChI is InChI=1S/C9H15F3N2/c10-9(11,12)6-14-7-1-2-8(14)5-13-4-3-7/h7-8,13H,1-6H2. The van der Waals surface area contributed by atoms with Crippen LogP contribution >= 0.6 is 0 Å². The molecule has 2 aliphatic heterocycles. The second-order valence-electron chi connectivity index (χ2n) is 4.17. The lowest BCUT2D eigenvalue weighted by atomic mass is 10.1. The molecule has 14 heavy (non-hydrogen) atoms. The molecule has 2 atom stereocenters. The number of hydrogen-bond acceptors (Lipinski definition) is 2. The fraction of sp³-hybridized carbons (Fsp3) is 1.00. The van der Waals surface area contributed by atoms with Crippen molar-refractivity contribution >= 4 is 0 Å². The summed E-state index contributed by atoms with van der Waals surface area (Å²) in [5.41, 5.74) is 0. The Kier molecular flexibility index (Phi) is 2.70. The molecule has 5 heteroatoms. The van der Waals surface area contributed by atoms with Crippen LogP contribution < -0.4 is 5.32 Å². The molecule has 0 amide bonds. The van der Waals surface area contributed by atoms with E-state index in [-0.39, 0.29) is 12.1 Å². The Balaban J connectivity index is 2.02. The Morgan fingerprint density at radius 2 is 1.86 bits per heavy atom. The molecule has 2 nitrogen and oxygen atoms in total. The van der Waals surface area contributed by atoms with Crippen molar-refractivity contribution < 1.29 is 13.2 Å². The minimum Gasteiger partial charge on any atom is -0.315 e. The van der Waals surface area contributed by atoms with Crippen LogP contribution in [0.5, 0.6) is 0 Å². The van der Waals surface area contributed by atoms with Crippen LogP contribution in [0.15, 0.2) is 0 Å². The van der Waals surface area contributed by atoms with E-state index in [1.807, 2.05) is 0 Å². The average Bonchev–Trinajstić information content (AvgIpc) is 2.22. The van der Waals surface area contributed by atoms with Gasteiger partial charge in [-0.1, -0.05) is 0 Å². The van der Waals surface area contributed by atoms with Crippen LogP contribution in [-0.2, 0) is 0 Å². The summed E-state index contributed by atoms with van der Waals surface area (Å²) in [5, 5.41) is 3.19. The van der Waals surface area contributed by atoms with Gasteiger partial charge in [-0.15, -0.1) is 0 Å². The van der Waals surface area contributed by atoms with Crippen molar-refractivity contribution in [1.82, 2.24) is 10.2 Å². The van der Waals surface area contributed by atoms with Crippen molar-refractivity contribution in [1.29, 1.82) is 0 Å². The molecule has 82 valence electrons. The normalized spacial score (nSPS) is 34.5. The van der Waals surface area contributed by atoms with Crippen LogP contribution in [0.1, 0.15) is 19.3 Å². The zero-order valence-electron chi connectivity index (χ0n) is 7.98. The first-order valence-corrected chi connectivity index (χ1v) is 5.09. The van der Waals surface area contributed by atoms with Gasteiger partial charge in [-0.3, -0.25) is 4.90 Å². The first-order chi connectivity index (χ1) is 6.56. The Labute approximate surface area is 81.5 Å². The van der Waals surface area contributed by atoms with E-state index in [4.69, 9.17) is 0 Å². The van der Waals surface area contributed by atoms with Gasteiger partial charge in [0.25, 0.3) is 0 Å². The summed E-state index contributed by atoms with van der Waals surface area (Å²) in [6.45, 7) is 0.839. The lowest BCUT2D eigenvalue weighted by Crippen LogP contribution is -2.43. The van der Waals surface area contributed by atoms with Crippen molar-refractivity contribution in [2.75, 3.05) is 19.6 Å². The summed E-state index contributed by atoms with van der Waals surface area (Å²) in [6.07, 6.45) is -1.35. The van der Waals surface area contributed by atoms with Crippen LogP contribution in [0.3, 0.4) is 0 Å². The van der Waals surface area contributed by atoms with Crippen molar-refractivity contribution in [3.63, 3.8) is 0 Å². The smallest absolute Gasteiger partial charge is 0.315 e. The monoisotopic (exact) mass is 208 g/mol. The van der Waals surface area contributed by atoms with Crippen molar-refractivity contribution in [3.05, 3.63) is 0 Å². The van der Waals surface area contributed by atoms with E-state index in [0.29, 0.717) is 6.54 Å². The van der Waals surface area contributed by atoms with Crippen molar-refractivity contribution in [2.24, 2.45) is 0 Å². The van der Waals surface area contributed by atoms with E-state index in [1.54, 1.807) is 4.90 Å². The number of nitrogens with one attached hydrogen (secondary N) is 1. The Bertz CT molecular complexity index is 191. The lowest BCUT2D eigenvalue weighted by molar-refractivity contribution is -0.151. The first kappa shape index (κ1) is 10.2. The molecule has 0 aromatic carbocycles. The molecule has 0 saturated carbocycles. The zero-order chi connectivity index (χ0) is 10.2. The minimum atomic E-state index is -4.05. The van der Waals surface area contributed by atoms with Gasteiger partial charge in [-0.05, 0) is 25.8 Å².